The van der Waals surface area contributed by atoms with E-state index in [-0.39, 0.29) is 36.3 Å². The normalized spacial score (nSPS) is 15.6. The summed E-state index contributed by atoms with van der Waals surface area (Å²) in [5, 5.41) is 16.5. The Morgan fingerprint density at radius 3 is 2.50 bits per heavy atom. The zero-order valence-corrected chi connectivity index (χ0v) is 15.9. The van der Waals surface area contributed by atoms with Gasteiger partial charge in [0.2, 0.25) is 0 Å². The van der Waals surface area contributed by atoms with Crippen molar-refractivity contribution in [2.45, 2.75) is 32.5 Å². The van der Waals surface area contributed by atoms with Gasteiger partial charge in [0.25, 0.3) is 0 Å². The van der Waals surface area contributed by atoms with E-state index in [1.165, 1.54) is 25.0 Å². The van der Waals surface area contributed by atoms with Crippen LogP contribution >= 0.6 is 24.0 Å². The van der Waals surface area contributed by atoms with Crippen molar-refractivity contribution in [1.82, 2.24) is 10.6 Å². The summed E-state index contributed by atoms with van der Waals surface area (Å²) in [6.45, 7) is 0.950. The molecule has 0 amide bonds. The number of nitrogens with zero attached hydrogens (tertiary/aromatic N) is 1. The van der Waals surface area contributed by atoms with Gasteiger partial charge in [0.05, 0.1) is 12.6 Å². The molecule has 1 aromatic rings. The lowest BCUT2D eigenvalue weighted by molar-refractivity contribution is -0.0498. The summed E-state index contributed by atoms with van der Waals surface area (Å²) < 4.78 is 28.5. The molecule has 0 heterocycles. The Labute approximate surface area is 157 Å². The van der Waals surface area contributed by atoms with E-state index in [0.717, 1.165) is 19.0 Å². The molecule has 0 spiro atoms. The maximum Gasteiger partial charge on any atom is 0.387 e. The molecule has 1 unspecified atom stereocenters. The molecule has 1 atom stereocenters. The molecule has 1 fully saturated rings. The standard InChI is InChI=1S/C16H23F2N3O2.HI/c1-2-19-16(20-9-11-3-4-11)21-10-14(22)12-5-7-13(8-6-12)23-15(17)18;/h5-8,11,14-15,22H,2-4,9-10H2,1H3,(H2,19,20,21);1H. The van der Waals surface area contributed by atoms with Crippen molar-refractivity contribution in [3.05, 3.63) is 29.8 Å². The Hall–Kier alpha value is -1.16. The number of nitrogens with one attached hydrogen (secondary N) is 2. The van der Waals surface area contributed by atoms with Crippen LogP contribution in [0.15, 0.2) is 29.3 Å². The molecule has 1 aliphatic rings. The summed E-state index contributed by atoms with van der Waals surface area (Å²) in [5.41, 5.74) is 0.605. The minimum absolute atomic E-state index is 0. The molecule has 8 heteroatoms. The summed E-state index contributed by atoms with van der Waals surface area (Å²) in [7, 11) is 0. The van der Waals surface area contributed by atoms with Crippen LogP contribution in [-0.2, 0) is 0 Å². The Balaban J connectivity index is 0.00000288. The number of aliphatic hydroxyl groups is 1. The van der Waals surface area contributed by atoms with Crippen LogP contribution in [0.2, 0.25) is 0 Å². The van der Waals surface area contributed by atoms with Crippen LogP contribution < -0.4 is 15.4 Å². The van der Waals surface area contributed by atoms with Gasteiger partial charge in [0.15, 0.2) is 5.96 Å². The molecule has 3 N–H and O–H groups in total. The molecule has 0 aromatic heterocycles. The predicted molar refractivity (Wildman–Crippen MR) is 100 cm³/mol. The van der Waals surface area contributed by atoms with Crippen LogP contribution in [0.4, 0.5) is 8.78 Å². The molecule has 0 radical (unpaired) electrons. The van der Waals surface area contributed by atoms with Gasteiger partial charge in [0.1, 0.15) is 5.75 Å². The largest absolute Gasteiger partial charge is 0.435 e. The summed E-state index contributed by atoms with van der Waals surface area (Å²) in [5.74, 6) is 1.47. The zero-order valence-electron chi connectivity index (χ0n) is 13.5. The van der Waals surface area contributed by atoms with Crippen molar-refractivity contribution in [2.75, 3.05) is 19.6 Å². The molecular formula is C16H24F2IN3O2. The van der Waals surface area contributed by atoms with Gasteiger partial charge in [-0.2, -0.15) is 8.78 Å². The minimum Gasteiger partial charge on any atom is -0.435 e. The topological polar surface area (TPSA) is 65.9 Å². The number of aliphatic imine (C=N–C) groups is 1. The van der Waals surface area contributed by atoms with E-state index in [1.54, 1.807) is 12.1 Å². The SMILES string of the molecule is CCNC(=NCC(O)c1ccc(OC(F)F)cc1)NCC1CC1.I. The van der Waals surface area contributed by atoms with E-state index in [0.29, 0.717) is 11.5 Å². The Morgan fingerprint density at radius 2 is 1.96 bits per heavy atom. The number of hydrogen-bond acceptors (Lipinski definition) is 3. The van der Waals surface area contributed by atoms with Gasteiger partial charge in [0, 0.05) is 13.1 Å². The third kappa shape index (κ3) is 7.61. The molecule has 136 valence electrons. The second-order valence-corrected chi connectivity index (χ2v) is 5.51. The van der Waals surface area contributed by atoms with Crippen molar-refractivity contribution in [2.24, 2.45) is 10.9 Å². The first kappa shape index (κ1) is 20.9. The first-order valence-electron chi connectivity index (χ1n) is 7.83. The second kappa shape index (κ2) is 10.7. The van der Waals surface area contributed by atoms with Crippen molar-refractivity contribution in [3.8, 4) is 5.75 Å². The lowest BCUT2D eigenvalue weighted by Gasteiger charge is -2.13. The van der Waals surface area contributed by atoms with Gasteiger partial charge in [-0.05, 0) is 43.4 Å². The molecule has 1 aliphatic carbocycles. The quantitative estimate of drug-likeness (QED) is 0.321. The highest BCUT2D eigenvalue weighted by molar-refractivity contribution is 14.0. The number of hydrogen-bond donors (Lipinski definition) is 3. The Kier molecular flexibility index (Phi) is 9.27. The van der Waals surface area contributed by atoms with E-state index in [1.807, 2.05) is 6.92 Å². The lowest BCUT2D eigenvalue weighted by Crippen LogP contribution is -2.38. The maximum absolute atomic E-state index is 12.1. The second-order valence-electron chi connectivity index (χ2n) is 5.51. The van der Waals surface area contributed by atoms with Gasteiger partial charge in [-0.25, -0.2) is 0 Å². The molecule has 0 saturated heterocycles. The average Bonchev–Trinajstić information content (AvgIpc) is 3.34. The summed E-state index contributed by atoms with van der Waals surface area (Å²) in [4.78, 5) is 4.35. The third-order valence-electron chi connectivity index (χ3n) is 3.51. The summed E-state index contributed by atoms with van der Waals surface area (Å²) in [6, 6.07) is 5.93. The van der Waals surface area contributed by atoms with Crippen molar-refractivity contribution < 1.29 is 18.6 Å². The first-order valence-corrected chi connectivity index (χ1v) is 7.83. The highest BCUT2D eigenvalue weighted by Gasteiger charge is 2.21. The van der Waals surface area contributed by atoms with E-state index < -0.39 is 12.7 Å². The fraction of sp³-hybridized carbons (Fsp3) is 0.562. The lowest BCUT2D eigenvalue weighted by atomic mass is 10.1. The first-order chi connectivity index (χ1) is 11.1. The summed E-state index contributed by atoms with van der Waals surface area (Å²) >= 11 is 0. The molecule has 2 rings (SSSR count). The molecule has 1 saturated carbocycles. The number of halogens is 3. The number of benzene rings is 1. The molecule has 0 bridgehead atoms. The summed E-state index contributed by atoms with van der Waals surface area (Å²) in [6.07, 6.45) is 1.71. The molecule has 24 heavy (non-hydrogen) atoms. The van der Waals surface area contributed by atoms with Gasteiger partial charge >= 0.3 is 6.61 Å². The van der Waals surface area contributed by atoms with Gasteiger partial charge < -0.3 is 20.5 Å². The predicted octanol–water partition coefficient (Wildman–Crippen LogP) is 2.90. The van der Waals surface area contributed by atoms with Crippen LogP contribution in [0.1, 0.15) is 31.4 Å². The molecule has 0 aliphatic heterocycles. The fourth-order valence-electron chi connectivity index (χ4n) is 2.06. The number of aliphatic hydroxyl groups excluding tert-OH is 1. The van der Waals surface area contributed by atoms with Gasteiger partial charge in [-0.3, -0.25) is 4.99 Å². The van der Waals surface area contributed by atoms with Crippen LogP contribution in [0.3, 0.4) is 0 Å². The van der Waals surface area contributed by atoms with Crippen LogP contribution in [0.25, 0.3) is 0 Å². The monoisotopic (exact) mass is 455 g/mol. The van der Waals surface area contributed by atoms with Crippen LogP contribution in [0.5, 0.6) is 5.75 Å². The average molecular weight is 455 g/mol. The molecular weight excluding hydrogens is 431 g/mol. The third-order valence-corrected chi connectivity index (χ3v) is 3.51. The van der Waals surface area contributed by atoms with Gasteiger partial charge in [-0.1, -0.05) is 12.1 Å². The Morgan fingerprint density at radius 1 is 1.29 bits per heavy atom. The number of rotatable bonds is 8. The van der Waals surface area contributed by atoms with Crippen molar-refractivity contribution in [1.29, 1.82) is 0 Å². The zero-order chi connectivity index (χ0) is 16.7. The highest BCUT2D eigenvalue weighted by Crippen LogP contribution is 2.27. The van der Waals surface area contributed by atoms with Crippen molar-refractivity contribution >= 4 is 29.9 Å². The number of ether oxygens (including phenoxy) is 1. The van der Waals surface area contributed by atoms with Crippen LogP contribution in [0, 0.1) is 5.92 Å². The molecule has 5 nitrogen and oxygen atoms in total. The number of guanidine groups is 1. The minimum atomic E-state index is -2.85. The molecule has 1 aromatic carbocycles. The Bertz CT molecular complexity index is 511. The van der Waals surface area contributed by atoms with Crippen molar-refractivity contribution in [3.63, 3.8) is 0 Å². The van der Waals surface area contributed by atoms with E-state index in [9.17, 15) is 13.9 Å². The van der Waals surface area contributed by atoms with E-state index >= 15 is 0 Å². The number of alkyl halides is 2. The highest BCUT2D eigenvalue weighted by atomic mass is 127. The van der Waals surface area contributed by atoms with Gasteiger partial charge in [-0.15, -0.1) is 24.0 Å². The van der Waals surface area contributed by atoms with E-state index in [2.05, 4.69) is 20.4 Å². The van der Waals surface area contributed by atoms with E-state index in [4.69, 9.17) is 0 Å². The van der Waals surface area contributed by atoms with Crippen LogP contribution in [-0.4, -0.2) is 37.3 Å². The smallest absolute Gasteiger partial charge is 0.387 e. The maximum atomic E-state index is 12.1. The fourth-order valence-corrected chi connectivity index (χ4v) is 2.06.